The molecule has 7 heteroatoms. The van der Waals surface area contributed by atoms with Crippen LogP contribution < -0.4 is 10.5 Å². The highest BCUT2D eigenvalue weighted by molar-refractivity contribution is 9.10. The Bertz CT molecular complexity index is 570. The molecule has 0 bridgehead atoms. The molecule has 3 N–H and O–H groups in total. The average Bonchev–Trinajstić information content (AvgIpc) is 2.42. The van der Waals surface area contributed by atoms with E-state index in [0.29, 0.717) is 15.4 Å². The maximum absolute atomic E-state index is 12.3. The SMILES string of the molecule is CSC1CCC(NS(=O)(=O)c2ccc(N)c(Br)c2)CC1. The monoisotopic (exact) mass is 378 g/mol. The molecule has 0 heterocycles. The summed E-state index contributed by atoms with van der Waals surface area (Å²) < 4.78 is 28.1. The number of thioether (sulfide) groups is 1. The molecule has 0 spiro atoms. The van der Waals surface area contributed by atoms with Gasteiger partial charge in [-0.25, -0.2) is 13.1 Å². The first-order chi connectivity index (χ1) is 9.42. The molecule has 0 unspecified atom stereocenters. The van der Waals surface area contributed by atoms with Crippen molar-refractivity contribution in [3.8, 4) is 0 Å². The molecule has 0 aliphatic heterocycles. The highest BCUT2D eigenvalue weighted by atomic mass is 79.9. The van der Waals surface area contributed by atoms with E-state index in [9.17, 15) is 8.42 Å². The smallest absolute Gasteiger partial charge is 0.240 e. The number of sulfonamides is 1. The van der Waals surface area contributed by atoms with E-state index in [1.807, 2.05) is 11.8 Å². The summed E-state index contributed by atoms with van der Waals surface area (Å²) in [5, 5.41) is 0.668. The van der Waals surface area contributed by atoms with Crippen LogP contribution in [0, 0.1) is 0 Å². The molecule has 1 saturated carbocycles. The Hall–Kier alpha value is -0.240. The maximum atomic E-state index is 12.3. The molecule has 0 atom stereocenters. The quantitative estimate of drug-likeness (QED) is 0.789. The number of nitrogens with one attached hydrogen (secondary N) is 1. The van der Waals surface area contributed by atoms with Gasteiger partial charge in [-0.3, -0.25) is 0 Å². The topological polar surface area (TPSA) is 72.2 Å². The van der Waals surface area contributed by atoms with Crippen molar-refractivity contribution in [1.82, 2.24) is 4.72 Å². The molecular weight excluding hydrogens is 360 g/mol. The first-order valence-electron chi connectivity index (χ1n) is 6.52. The maximum Gasteiger partial charge on any atom is 0.240 e. The van der Waals surface area contributed by atoms with Crippen molar-refractivity contribution in [2.75, 3.05) is 12.0 Å². The van der Waals surface area contributed by atoms with Crippen molar-refractivity contribution in [2.45, 2.75) is 41.9 Å². The first-order valence-corrected chi connectivity index (χ1v) is 10.1. The molecule has 112 valence electrons. The number of nitrogen functional groups attached to an aromatic ring is 1. The first kappa shape index (κ1) is 16.1. The minimum Gasteiger partial charge on any atom is -0.398 e. The lowest BCUT2D eigenvalue weighted by Crippen LogP contribution is -2.38. The van der Waals surface area contributed by atoms with E-state index in [-0.39, 0.29) is 10.9 Å². The Morgan fingerprint density at radius 1 is 1.30 bits per heavy atom. The van der Waals surface area contributed by atoms with E-state index < -0.39 is 10.0 Å². The minimum absolute atomic E-state index is 0.0414. The van der Waals surface area contributed by atoms with Crippen molar-refractivity contribution in [3.63, 3.8) is 0 Å². The van der Waals surface area contributed by atoms with Crippen LogP contribution in [0.2, 0.25) is 0 Å². The molecule has 0 radical (unpaired) electrons. The van der Waals surface area contributed by atoms with Gasteiger partial charge in [-0.05, 0) is 66.1 Å². The number of anilines is 1. The predicted octanol–water partition coefficient (Wildman–Crippen LogP) is 2.98. The van der Waals surface area contributed by atoms with Gasteiger partial charge in [-0.1, -0.05) is 0 Å². The predicted molar refractivity (Wildman–Crippen MR) is 88.4 cm³/mol. The Balaban J connectivity index is 2.06. The second kappa shape index (κ2) is 6.68. The van der Waals surface area contributed by atoms with Gasteiger partial charge >= 0.3 is 0 Å². The van der Waals surface area contributed by atoms with Gasteiger partial charge in [0.2, 0.25) is 10.0 Å². The summed E-state index contributed by atoms with van der Waals surface area (Å²) in [6.07, 6.45) is 6.06. The van der Waals surface area contributed by atoms with Crippen LogP contribution in [0.1, 0.15) is 25.7 Å². The van der Waals surface area contributed by atoms with Crippen molar-refractivity contribution in [3.05, 3.63) is 22.7 Å². The zero-order chi connectivity index (χ0) is 14.8. The fraction of sp³-hybridized carbons (Fsp3) is 0.538. The summed E-state index contributed by atoms with van der Waals surface area (Å²) >= 11 is 5.13. The third kappa shape index (κ3) is 3.90. The molecule has 2 rings (SSSR count). The van der Waals surface area contributed by atoms with E-state index in [4.69, 9.17) is 5.73 Å². The van der Waals surface area contributed by atoms with Crippen LogP contribution in [0.3, 0.4) is 0 Å². The summed E-state index contributed by atoms with van der Waals surface area (Å²) in [4.78, 5) is 0.255. The van der Waals surface area contributed by atoms with Gasteiger partial charge in [-0.15, -0.1) is 0 Å². The molecule has 0 amide bonds. The van der Waals surface area contributed by atoms with E-state index in [2.05, 4.69) is 26.9 Å². The lowest BCUT2D eigenvalue weighted by molar-refractivity contribution is 0.420. The van der Waals surface area contributed by atoms with Gasteiger partial charge in [-0.2, -0.15) is 11.8 Å². The van der Waals surface area contributed by atoms with Gasteiger partial charge < -0.3 is 5.73 Å². The van der Waals surface area contributed by atoms with Crippen molar-refractivity contribution >= 4 is 43.4 Å². The molecule has 0 aromatic heterocycles. The van der Waals surface area contributed by atoms with Crippen LogP contribution in [0.5, 0.6) is 0 Å². The number of rotatable bonds is 4. The van der Waals surface area contributed by atoms with Crippen molar-refractivity contribution in [1.29, 1.82) is 0 Å². The molecule has 1 aromatic carbocycles. The number of hydrogen-bond acceptors (Lipinski definition) is 4. The van der Waals surface area contributed by atoms with Crippen LogP contribution >= 0.6 is 27.7 Å². The van der Waals surface area contributed by atoms with Gasteiger partial charge in [0.1, 0.15) is 0 Å². The van der Waals surface area contributed by atoms with E-state index in [0.717, 1.165) is 25.7 Å². The van der Waals surface area contributed by atoms with E-state index in [1.54, 1.807) is 12.1 Å². The second-order valence-electron chi connectivity index (χ2n) is 5.01. The van der Waals surface area contributed by atoms with Gasteiger partial charge in [0.05, 0.1) is 4.90 Å². The molecular formula is C13H19BrN2O2S2. The molecule has 20 heavy (non-hydrogen) atoms. The normalized spacial score (nSPS) is 23.7. The minimum atomic E-state index is -3.47. The fourth-order valence-electron chi connectivity index (χ4n) is 2.38. The molecule has 1 aromatic rings. The third-order valence-corrected chi connectivity index (χ3v) is 6.95. The standard InChI is InChI=1S/C13H19BrN2O2S2/c1-19-10-4-2-9(3-5-10)16-20(17,18)11-6-7-13(15)12(14)8-11/h6-10,16H,2-5,15H2,1H3. The zero-order valence-corrected chi connectivity index (χ0v) is 14.5. The largest absolute Gasteiger partial charge is 0.398 e. The molecule has 4 nitrogen and oxygen atoms in total. The Morgan fingerprint density at radius 3 is 2.50 bits per heavy atom. The average molecular weight is 379 g/mol. The third-order valence-electron chi connectivity index (χ3n) is 3.61. The van der Waals surface area contributed by atoms with E-state index >= 15 is 0 Å². The van der Waals surface area contributed by atoms with E-state index in [1.165, 1.54) is 6.07 Å². The van der Waals surface area contributed by atoms with Gasteiger partial charge in [0, 0.05) is 21.5 Å². The van der Waals surface area contributed by atoms with Gasteiger partial charge in [0.15, 0.2) is 0 Å². The summed E-state index contributed by atoms with van der Waals surface area (Å²) in [5.41, 5.74) is 6.21. The Kier molecular flexibility index (Phi) is 5.39. The highest BCUT2D eigenvalue weighted by Gasteiger charge is 2.25. The van der Waals surface area contributed by atoms with Crippen LogP contribution in [-0.2, 0) is 10.0 Å². The number of halogens is 1. The highest BCUT2D eigenvalue weighted by Crippen LogP contribution is 2.28. The Labute approximate surface area is 133 Å². The molecule has 1 fully saturated rings. The molecule has 1 aliphatic carbocycles. The summed E-state index contributed by atoms with van der Waals surface area (Å²) in [6.45, 7) is 0. The lowest BCUT2D eigenvalue weighted by atomic mass is 9.96. The summed E-state index contributed by atoms with van der Waals surface area (Å²) in [6, 6.07) is 4.73. The van der Waals surface area contributed by atoms with Crippen LogP contribution in [0.25, 0.3) is 0 Å². The number of benzene rings is 1. The van der Waals surface area contributed by atoms with Crippen molar-refractivity contribution < 1.29 is 8.42 Å². The van der Waals surface area contributed by atoms with Gasteiger partial charge in [0.25, 0.3) is 0 Å². The summed E-state index contributed by atoms with van der Waals surface area (Å²) in [7, 11) is -3.47. The van der Waals surface area contributed by atoms with Crippen LogP contribution in [0.15, 0.2) is 27.6 Å². The molecule has 0 saturated heterocycles. The fourth-order valence-corrected chi connectivity index (χ4v) is 4.98. The second-order valence-corrected chi connectivity index (χ2v) is 8.72. The van der Waals surface area contributed by atoms with Crippen LogP contribution in [-0.4, -0.2) is 26.0 Å². The zero-order valence-electron chi connectivity index (χ0n) is 11.3. The molecule has 1 aliphatic rings. The number of hydrogen-bond donors (Lipinski definition) is 2. The number of nitrogens with two attached hydrogens (primary N) is 1. The Morgan fingerprint density at radius 2 is 1.95 bits per heavy atom. The van der Waals surface area contributed by atoms with Crippen molar-refractivity contribution in [2.24, 2.45) is 0 Å². The summed E-state index contributed by atoms with van der Waals surface area (Å²) in [5.74, 6) is 0. The van der Waals surface area contributed by atoms with Crippen LogP contribution in [0.4, 0.5) is 5.69 Å². The lowest BCUT2D eigenvalue weighted by Gasteiger charge is -2.27.